The van der Waals surface area contributed by atoms with Crippen molar-refractivity contribution in [3.63, 3.8) is 0 Å². The summed E-state index contributed by atoms with van der Waals surface area (Å²) in [5, 5.41) is 9.93. The Kier molecular flexibility index (Phi) is 5.64. The van der Waals surface area contributed by atoms with Crippen LogP contribution in [0.25, 0.3) is 22.4 Å². The Balaban J connectivity index is 1.65. The molecule has 0 amide bonds. The molecular weight excluding hydrogens is 452 g/mol. The van der Waals surface area contributed by atoms with Crippen molar-refractivity contribution < 1.29 is 4.79 Å². The number of hydrogen-bond acceptors (Lipinski definition) is 6. The van der Waals surface area contributed by atoms with Crippen molar-refractivity contribution in [2.24, 2.45) is 0 Å². The molecule has 0 atom stereocenters. The van der Waals surface area contributed by atoms with Crippen LogP contribution in [0.2, 0.25) is 0 Å². The number of fused-ring (bicyclic) bond motifs is 3. The summed E-state index contributed by atoms with van der Waals surface area (Å²) in [6.45, 7) is 6.10. The van der Waals surface area contributed by atoms with Gasteiger partial charge in [-0.25, -0.2) is 4.57 Å². The second-order valence-electron chi connectivity index (χ2n) is 7.83. The molecule has 5 aromatic rings. The van der Waals surface area contributed by atoms with E-state index < -0.39 is 0 Å². The van der Waals surface area contributed by atoms with Crippen molar-refractivity contribution in [2.45, 2.75) is 32.3 Å². The molecule has 8 heteroatoms. The molecule has 3 heterocycles. The Morgan fingerprint density at radius 3 is 2.64 bits per heavy atom. The van der Waals surface area contributed by atoms with Crippen molar-refractivity contribution in [2.75, 3.05) is 5.75 Å². The first-order valence-electron chi connectivity index (χ1n) is 10.7. The number of carbonyl (C=O) groups is 1. The minimum absolute atomic E-state index is 0.0635. The summed E-state index contributed by atoms with van der Waals surface area (Å²) >= 11 is 2.88. The Morgan fingerprint density at radius 1 is 1.03 bits per heavy atom. The summed E-state index contributed by atoms with van der Waals surface area (Å²) in [5.41, 5.74) is 3.46. The number of thiophene rings is 1. The number of benzene rings is 2. The van der Waals surface area contributed by atoms with E-state index in [2.05, 4.69) is 17.1 Å². The standard InChI is InChI=1S/C25H22N4O2S2/c1-4-17-12-13-22(33-17)21(30)14-32-25-27-26-24-28(19-11-7-8-15(2)16(19)3)23(31)18-9-5-6-10-20(18)29(24)25/h5-13H,4,14H2,1-3H3. The van der Waals surface area contributed by atoms with Gasteiger partial charge in [-0.3, -0.25) is 14.0 Å². The van der Waals surface area contributed by atoms with Crippen LogP contribution in [0, 0.1) is 13.8 Å². The van der Waals surface area contributed by atoms with Crippen molar-refractivity contribution in [1.82, 2.24) is 19.2 Å². The van der Waals surface area contributed by atoms with Gasteiger partial charge in [-0.05, 0) is 61.7 Å². The van der Waals surface area contributed by atoms with E-state index in [0.717, 1.165) is 33.6 Å². The summed E-state index contributed by atoms with van der Waals surface area (Å²) < 4.78 is 3.50. The van der Waals surface area contributed by atoms with Crippen molar-refractivity contribution in [3.8, 4) is 5.69 Å². The van der Waals surface area contributed by atoms with Crippen molar-refractivity contribution in [3.05, 3.63) is 85.8 Å². The lowest BCUT2D eigenvalue weighted by Crippen LogP contribution is -2.22. The number of aryl methyl sites for hydroxylation is 2. The highest BCUT2D eigenvalue weighted by Gasteiger charge is 2.20. The number of rotatable bonds is 6. The fourth-order valence-electron chi connectivity index (χ4n) is 3.89. The zero-order chi connectivity index (χ0) is 23.1. The molecule has 0 aliphatic rings. The summed E-state index contributed by atoms with van der Waals surface area (Å²) in [5.74, 6) is 0.752. The first-order valence-corrected chi connectivity index (χ1v) is 12.5. The van der Waals surface area contributed by atoms with Gasteiger partial charge >= 0.3 is 0 Å². The van der Waals surface area contributed by atoms with Gasteiger partial charge in [-0.1, -0.05) is 43.0 Å². The SMILES string of the molecule is CCc1ccc(C(=O)CSc2nnc3n(-c4cccc(C)c4C)c(=O)c4ccccc4n23)s1. The van der Waals surface area contributed by atoms with Gasteiger partial charge in [0.25, 0.3) is 5.56 Å². The fourth-order valence-corrected chi connectivity index (χ4v) is 5.69. The number of ketones is 1. The van der Waals surface area contributed by atoms with Gasteiger partial charge in [0.15, 0.2) is 10.9 Å². The predicted octanol–water partition coefficient (Wildman–Crippen LogP) is 5.25. The zero-order valence-electron chi connectivity index (χ0n) is 18.5. The van der Waals surface area contributed by atoms with E-state index in [-0.39, 0.29) is 17.1 Å². The largest absolute Gasteiger partial charge is 0.292 e. The third kappa shape index (κ3) is 3.69. The molecule has 0 bridgehead atoms. The topological polar surface area (TPSA) is 69.3 Å². The van der Waals surface area contributed by atoms with Gasteiger partial charge in [0, 0.05) is 4.88 Å². The van der Waals surface area contributed by atoms with Gasteiger partial charge in [-0.15, -0.1) is 21.5 Å². The molecule has 0 saturated heterocycles. The Hall–Kier alpha value is -3.23. The van der Waals surface area contributed by atoms with Crippen LogP contribution in [-0.4, -0.2) is 30.7 Å². The van der Waals surface area contributed by atoms with Crippen LogP contribution in [0.15, 0.2) is 64.5 Å². The Morgan fingerprint density at radius 2 is 1.85 bits per heavy atom. The van der Waals surface area contributed by atoms with Crippen LogP contribution in [0.5, 0.6) is 0 Å². The number of aromatic nitrogens is 4. The summed E-state index contributed by atoms with van der Waals surface area (Å²) in [6, 6.07) is 17.2. The number of carbonyl (C=O) groups excluding carboxylic acids is 1. The Bertz CT molecular complexity index is 1580. The van der Waals surface area contributed by atoms with Crippen LogP contribution >= 0.6 is 23.1 Å². The molecule has 0 aliphatic heterocycles. The smallest absolute Gasteiger partial charge is 0.267 e. The first-order chi connectivity index (χ1) is 16.0. The van der Waals surface area contributed by atoms with E-state index in [9.17, 15) is 9.59 Å². The van der Waals surface area contributed by atoms with E-state index in [0.29, 0.717) is 16.3 Å². The predicted molar refractivity (Wildman–Crippen MR) is 134 cm³/mol. The van der Waals surface area contributed by atoms with Crippen LogP contribution in [0.4, 0.5) is 0 Å². The Labute approximate surface area is 198 Å². The van der Waals surface area contributed by atoms with Crippen LogP contribution < -0.4 is 5.56 Å². The highest BCUT2D eigenvalue weighted by Crippen LogP contribution is 2.26. The third-order valence-corrected chi connectivity index (χ3v) is 8.03. The van der Waals surface area contributed by atoms with Gasteiger partial charge < -0.3 is 0 Å². The molecule has 0 spiro atoms. The lowest BCUT2D eigenvalue weighted by molar-refractivity contribution is 0.102. The molecule has 0 unspecified atom stereocenters. The molecule has 3 aromatic heterocycles. The average molecular weight is 475 g/mol. The van der Waals surface area contributed by atoms with Gasteiger partial charge in [0.05, 0.1) is 27.2 Å². The molecule has 0 radical (unpaired) electrons. The second-order valence-corrected chi connectivity index (χ2v) is 9.94. The highest BCUT2D eigenvalue weighted by atomic mass is 32.2. The fraction of sp³-hybridized carbons (Fsp3) is 0.200. The summed E-state index contributed by atoms with van der Waals surface area (Å²) in [6.07, 6.45) is 0.918. The quantitative estimate of drug-likeness (QED) is 0.248. The molecule has 0 fully saturated rings. The molecule has 0 saturated carbocycles. The highest BCUT2D eigenvalue weighted by molar-refractivity contribution is 7.99. The van der Waals surface area contributed by atoms with Crippen LogP contribution in [0.1, 0.15) is 32.6 Å². The number of nitrogens with zero attached hydrogens (tertiary/aromatic N) is 4. The molecule has 5 rings (SSSR count). The minimum Gasteiger partial charge on any atom is -0.292 e. The number of hydrogen-bond donors (Lipinski definition) is 0. The van der Waals surface area contributed by atoms with Gasteiger partial charge in [-0.2, -0.15) is 0 Å². The average Bonchev–Trinajstić information content (AvgIpc) is 3.48. The van der Waals surface area contributed by atoms with E-state index in [1.54, 1.807) is 4.57 Å². The maximum absolute atomic E-state index is 13.5. The molecular formula is C25H22N4O2S2. The second kappa shape index (κ2) is 8.61. The van der Waals surface area contributed by atoms with Gasteiger partial charge in [0.1, 0.15) is 0 Å². The normalized spacial score (nSPS) is 11.5. The maximum Gasteiger partial charge on any atom is 0.267 e. The van der Waals surface area contributed by atoms with Crippen LogP contribution in [0.3, 0.4) is 0 Å². The van der Waals surface area contributed by atoms with Crippen LogP contribution in [-0.2, 0) is 6.42 Å². The molecule has 2 aromatic carbocycles. The lowest BCUT2D eigenvalue weighted by Gasteiger charge is -2.14. The van der Waals surface area contributed by atoms with Crippen molar-refractivity contribution >= 4 is 45.6 Å². The van der Waals surface area contributed by atoms with Crippen molar-refractivity contribution in [1.29, 1.82) is 0 Å². The molecule has 166 valence electrons. The molecule has 0 N–H and O–H groups in total. The molecule has 0 aliphatic carbocycles. The molecule has 33 heavy (non-hydrogen) atoms. The maximum atomic E-state index is 13.5. The van der Waals surface area contributed by atoms with E-state index >= 15 is 0 Å². The third-order valence-electron chi connectivity index (χ3n) is 5.83. The summed E-state index contributed by atoms with van der Waals surface area (Å²) in [4.78, 5) is 28.2. The number of thioether (sulfide) groups is 1. The van der Waals surface area contributed by atoms with E-state index in [1.807, 2.05) is 72.8 Å². The van der Waals surface area contributed by atoms with Gasteiger partial charge in [0.2, 0.25) is 5.78 Å². The first kappa shape index (κ1) is 21.6. The molecule has 6 nitrogen and oxygen atoms in total. The number of para-hydroxylation sites is 1. The zero-order valence-corrected chi connectivity index (χ0v) is 20.2. The van der Waals surface area contributed by atoms with E-state index in [4.69, 9.17) is 0 Å². The number of Topliss-reactive ketones (excluding diaryl/α,β-unsaturated/α-hetero) is 1. The summed E-state index contributed by atoms with van der Waals surface area (Å²) in [7, 11) is 0. The lowest BCUT2D eigenvalue weighted by atomic mass is 10.1. The minimum atomic E-state index is -0.141. The van der Waals surface area contributed by atoms with E-state index in [1.165, 1.54) is 28.0 Å². The monoisotopic (exact) mass is 474 g/mol.